The number of fused-ring (bicyclic) bond motifs is 2. The lowest BCUT2D eigenvalue weighted by atomic mass is 10.0. The standard InChI is InChI=1S/C26H27ClFN5O3/c1-13(2)21-22(14(3)7-8-30-21)31-25-19-24(36-12-15-11-29-9-10-33(15)26(19)35)20(27)23(32-25)18-16(28)5-4-6-17(18)34/h4-8,13,15,29,34H,9-12H2,1-3H3,(H,31,32)/t15-/m1/s1. The Morgan fingerprint density at radius 3 is 2.86 bits per heavy atom. The summed E-state index contributed by atoms with van der Waals surface area (Å²) in [7, 11) is 0. The highest BCUT2D eigenvalue weighted by molar-refractivity contribution is 6.35. The van der Waals surface area contributed by atoms with E-state index in [1.807, 2.05) is 26.8 Å². The van der Waals surface area contributed by atoms with Crippen molar-refractivity contribution >= 4 is 29.0 Å². The summed E-state index contributed by atoms with van der Waals surface area (Å²) in [5.41, 5.74) is 2.37. The number of halogens is 2. The summed E-state index contributed by atoms with van der Waals surface area (Å²) in [6.45, 7) is 7.91. The van der Waals surface area contributed by atoms with Gasteiger partial charge in [0.1, 0.15) is 40.3 Å². The monoisotopic (exact) mass is 511 g/mol. The Morgan fingerprint density at radius 1 is 1.31 bits per heavy atom. The van der Waals surface area contributed by atoms with Crippen LogP contribution in [0.2, 0.25) is 5.02 Å². The SMILES string of the molecule is Cc1ccnc(C(C)C)c1Nc1nc(-c2c(O)cccc2F)c(Cl)c2c1C(=O)N1CCNC[C@@H]1CO2. The highest BCUT2D eigenvalue weighted by atomic mass is 35.5. The predicted octanol–water partition coefficient (Wildman–Crippen LogP) is 4.62. The molecule has 0 aliphatic carbocycles. The molecule has 10 heteroatoms. The minimum atomic E-state index is -0.697. The van der Waals surface area contributed by atoms with Gasteiger partial charge in [0.15, 0.2) is 5.75 Å². The van der Waals surface area contributed by atoms with Crippen LogP contribution in [-0.4, -0.2) is 58.2 Å². The molecular weight excluding hydrogens is 485 g/mol. The molecule has 5 rings (SSSR count). The van der Waals surface area contributed by atoms with Crippen LogP contribution in [0.5, 0.6) is 11.5 Å². The summed E-state index contributed by atoms with van der Waals surface area (Å²) in [5.74, 6) is -0.941. The van der Waals surface area contributed by atoms with Gasteiger partial charge in [-0.2, -0.15) is 0 Å². The van der Waals surface area contributed by atoms with E-state index in [2.05, 4.69) is 20.6 Å². The number of amides is 1. The van der Waals surface area contributed by atoms with Gasteiger partial charge in [0.05, 0.1) is 23.0 Å². The number of hydrogen-bond donors (Lipinski definition) is 3. The van der Waals surface area contributed by atoms with E-state index in [-0.39, 0.29) is 63.6 Å². The lowest BCUT2D eigenvalue weighted by Gasteiger charge is -2.34. The van der Waals surface area contributed by atoms with Crippen molar-refractivity contribution in [2.45, 2.75) is 32.7 Å². The highest BCUT2D eigenvalue weighted by Crippen LogP contribution is 2.46. The fourth-order valence-electron chi connectivity index (χ4n) is 4.68. The van der Waals surface area contributed by atoms with Crippen LogP contribution in [0.15, 0.2) is 30.5 Å². The van der Waals surface area contributed by atoms with E-state index in [1.54, 1.807) is 11.1 Å². The van der Waals surface area contributed by atoms with Gasteiger partial charge in [-0.05, 0) is 36.6 Å². The number of rotatable bonds is 4. The maximum atomic E-state index is 14.9. The van der Waals surface area contributed by atoms with Crippen LogP contribution in [-0.2, 0) is 0 Å². The molecule has 1 amide bonds. The zero-order valence-corrected chi connectivity index (χ0v) is 21.0. The van der Waals surface area contributed by atoms with Crippen LogP contribution in [0.3, 0.4) is 0 Å². The maximum Gasteiger partial charge on any atom is 0.261 e. The molecule has 2 aliphatic rings. The van der Waals surface area contributed by atoms with Gasteiger partial charge in [-0.15, -0.1) is 0 Å². The topological polar surface area (TPSA) is 99.6 Å². The number of nitrogens with zero attached hydrogens (tertiary/aromatic N) is 3. The van der Waals surface area contributed by atoms with Gasteiger partial charge >= 0.3 is 0 Å². The van der Waals surface area contributed by atoms with E-state index in [0.29, 0.717) is 25.3 Å². The Kier molecular flexibility index (Phi) is 6.44. The molecule has 1 fully saturated rings. The number of piperazine rings is 1. The molecule has 0 saturated carbocycles. The van der Waals surface area contributed by atoms with E-state index >= 15 is 0 Å². The number of nitrogens with one attached hydrogen (secondary N) is 2. The van der Waals surface area contributed by atoms with E-state index < -0.39 is 5.82 Å². The molecular formula is C26H27ClFN5O3. The Morgan fingerprint density at radius 2 is 2.11 bits per heavy atom. The average Bonchev–Trinajstić information content (AvgIpc) is 3.00. The van der Waals surface area contributed by atoms with E-state index in [0.717, 1.165) is 11.3 Å². The van der Waals surface area contributed by atoms with Crippen LogP contribution in [0, 0.1) is 12.7 Å². The molecule has 188 valence electrons. The number of aryl methyl sites for hydroxylation is 1. The molecule has 0 unspecified atom stereocenters. The quantitative estimate of drug-likeness (QED) is 0.470. The minimum absolute atomic E-state index is 0.0213. The minimum Gasteiger partial charge on any atom is -0.507 e. The Labute approximate surface area is 213 Å². The van der Waals surface area contributed by atoms with Crippen LogP contribution >= 0.6 is 11.6 Å². The van der Waals surface area contributed by atoms with Gasteiger partial charge in [-0.25, -0.2) is 9.37 Å². The third-order valence-electron chi connectivity index (χ3n) is 6.55. The van der Waals surface area contributed by atoms with Gasteiger partial charge in [-0.1, -0.05) is 31.5 Å². The number of phenolic OH excluding ortho intramolecular Hbond substituents is 1. The van der Waals surface area contributed by atoms with Gasteiger partial charge in [-0.3, -0.25) is 9.78 Å². The first-order valence-electron chi connectivity index (χ1n) is 11.9. The van der Waals surface area contributed by atoms with Crippen molar-refractivity contribution in [2.75, 3.05) is 31.6 Å². The van der Waals surface area contributed by atoms with Crippen molar-refractivity contribution in [3.63, 3.8) is 0 Å². The molecule has 2 aromatic heterocycles. The smallest absolute Gasteiger partial charge is 0.261 e. The van der Waals surface area contributed by atoms with Gasteiger partial charge in [0, 0.05) is 25.8 Å². The molecule has 1 saturated heterocycles. The lowest BCUT2D eigenvalue weighted by molar-refractivity contribution is 0.0607. The highest BCUT2D eigenvalue weighted by Gasteiger charge is 2.38. The van der Waals surface area contributed by atoms with Crippen molar-refractivity contribution < 1.29 is 19.0 Å². The zero-order valence-electron chi connectivity index (χ0n) is 20.2. The molecule has 3 aromatic rings. The molecule has 8 nitrogen and oxygen atoms in total. The average molecular weight is 512 g/mol. The molecule has 2 aliphatic heterocycles. The van der Waals surface area contributed by atoms with Gasteiger partial charge < -0.3 is 25.4 Å². The van der Waals surface area contributed by atoms with Crippen molar-refractivity contribution in [1.82, 2.24) is 20.2 Å². The summed E-state index contributed by atoms with van der Waals surface area (Å²) in [4.78, 5) is 24.8. The number of aromatic nitrogens is 2. The summed E-state index contributed by atoms with van der Waals surface area (Å²) in [6.07, 6.45) is 1.73. The normalized spacial score (nSPS) is 17.3. The number of pyridine rings is 2. The summed E-state index contributed by atoms with van der Waals surface area (Å²) in [5, 5.41) is 17.0. The fourth-order valence-corrected chi connectivity index (χ4v) is 4.96. The van der Waals surface area contributed by atoms with Crippen molar-refractivity contribution in [3.05, 3.63) is 58.1 Å². The second-order valence-corrected chi connectivity index (χ2v) is 9.67. The van der Waals surface area contributed by atoms with Crippen LogP contribution in [0.4, 0.5) is 15.9 Å². The number of hydrogen-bond acceptors (Lipinski definition) is 7. The Balaban J connectivity index is 1.76. The third kappa shape index (κ3) is 4.12. The van der Waals surface area contributed by atoms with Crippen LogP contribution < -0.4 is 15.4 Å². The number of phenols is 1. The van der Waals surface area contributed by atoms with E-state index in [4.69, 9.17) is 16.3 Å². The molecule has 0 spiro atoms. The Bertz CT molecular complexity index is 1330. The van der Waals surface area contributed by atoms with E-state index in [1.165, 1.54) is 18.2 Å². The molecule has 1 aromatic carbocycles. The molecule has 1 atom stereocenters. The van der Waals surface area contributed by atoms with Crippen molar-refractivity contribution in [1.29, 1.82) is 0 Å². The second-order valence-electron chi connectivity index (χ2n) is 9.30. The van der Waals surface area contributed by atoms with Crippen LogP contribution in [0.1, 0.15) is 41.4 Å². The van der Waals surface area contributed by atoms with Crippen molar-refractivity contribution in [2.24, 2.45) is 0 Å². The van der Waals surface area contributed by atoms with Crippen molar-refractivity contribution in [3.8, 4) is 22.8 Å². The summed E-state index contributed by atoms with van der Waals surface area (Å²) in [6, 6.07) is 5.63. The van der Waals surface area contributed by atoms with Gasteiger partial charge in [0.2, 0.25) is 0 Å². The first-order valence-corrected chi connectivity index (χ1v) is 12.2. The fraction of sp³-hybridized carbons (Fsp3) is 0.346. The first-order chi connectivity index (χ1) is 17.3. The number of carbonyl (C=O) groups is 1. The molecule has 0 radical (unpaired) electrons. The number of carbonyl (C=O) groups excluding carboxylic acids is 1. The summed E-state index contributed by atoms with van der Waals surface area (Å²) < 4.78 is 21.0. The maximum absolute atomic E-state index is 14.9. The number of ether oxygens (including phenoxy) is 1. The summed E-state index contributed by atoms with van der Waals surface area (Å²) >= 11 is 6.74. The molecule has 0 bridgehead atoms. The van der Waals surface area contributed by atoms with E-state index in [9.17, 15) is 14.3 Å². The second kappa shape index (κ2) is 9.55. The largest absolute Gasteiger partial charge is 0.507 e. The predicted molar refractivity (Wildman–Crippen MR) is 136 cm³/mol. The third-order valence-corrected chi connectivity index (χ3v) is 6.90. The number of anilines is 2. The zero-order chi connectivity index (χ0) is 25.6. The molecule has 36 heavy (non-hydrogen) atoms. The molecule has 4 heterocycles. The Hall–Kier alpha value is -3.43. The molecule has 3 N–H and O–H groups in total. The number of aromatic hydroxyl groups is 1. The first kappa shape index (κ1) is 24.3. The van der Waals surface area contributed by atoms with Gasteiger partial charge in [0.25, 0.3) is 5.91 Å². The lowest BCUT2D eigenvalue weighted by Crippen LogP contribution is -2.54. The number of benzene rings is 1. The van der Waals surface area contributed by atoms with Crippen LogP contribution in [0.25, 0.3) is 11.3 Å².